The first-order valence-corrected chi connectivity index (χ1v) is 5.61. The molecule has 1 aromatic heterocycles. The number of hydrogen-bond donors (Lipinski definition) is 2. The summed E-state index contributed by atoms with van der Waals surface area (Å²) in [7, 11) is 0. The largest absolute Gasteiger partial charge is 0.504 e. The number of aromatic nitrogens is 1. The molecule has 1 aromatic rings. The molecule has 1 saturated carbocycles. The van der Waals surface area contributed by atoms with Crippen molar-refractivity contribution in [2.45, 2.75) is 32.6 Å². The molecule has 0 saturated heterocycles. The number of hydrogen-bond acceptors (Lipinski definition) is 3. The second-order valence-corrected chi connectivity index (χ2v) is 4.35. The van der Waals surface area contributed by atoms with Crippen molar-refractivity contribution in [2.75, 3.05) is 5.32 Å². The van der Waals surface area contributed by atoms with Gasteiger partial charge in [-0.05, 0) is 31.4 Å². The van der Waals surface area contributed by atoms with Crippen LogP contribution in [0.5, 0.6) is 5.75 Å². The third kappa shape index (κ3) is 2.95. The minimum Gasteiger partial charge on any atom is -0.504 e. The lowest BCUT2D eigenvalue weighted by Gasteiger charge is -2.06. The van der Waals surface area contributed by atoms with Gasteiger partial charge in [-0.3, -0.25) is 4.79 Å². The van der Waals surface area contributed by atoms with Gasteiger partial charge in [0.25, 0.3) is 0 Å². The van der Waals surface area contributed by atoms with E-state index in [0.29, 0.717) is 6.42 Å². The highest BCUT2D eigenvalue weighted by Gasteiger charge is 2.22. The molecular weight excluding hydrogens is 204 g/mol. The van der Waals surface area contributed by atoms with Crippen LogP contribution in [0.25, 0.3) is 0 Å². The Morgan fingerprint density at radius 2 is 2.31 bits per heavy atom. The standard InChI is InChI=1S/C12H16N2O2/c1-8-2-6-10(15)12(13-8)14-11(16)7-5-9-3-4-9/h2,6,9,15H,3-5,7H2,1H3,(H,13,14,16). The summed E-state index contributed by atoms with van der Waals surface area (Å²) in [6.07, 6.45) is 3.96. The summed E-state index contributed by atoms with van der Waals surface area (Å²) in [6, 6.07) is 3.24. The second-order valence-electron chi connectivity index (χ2n) is 4.35. The van der Waals surface area contributed by atoms with Gasteiger partial charge in [0.2, 0.25) is 5.91 Å². The molecule has 16 heavy (non-hydrogen) atoms. The fourth-order valence-electron chi connectivity index (χ4n) is 1.58. The Morgan fingerprint density at radius 1 is 1.56 bits per heavy atom. The Kier molecular flexibility index (Phi) is 3.08. The van der Waals surface area contributed by atoms with Crippen molar-refractivity contribution in [3.05, 3.63) is 17.8 Å². The molecule has 0 atom stereocenters. The van der Waals surface area contributed by atoms with Crippen molar-refractivity contribution in [1.29, 1.82) is 0 Å². The predicted molar refractivity (Wildman–Crippen MR) is 61.2 cm³/mol. The van der Waals surface area contributed by atoms with Crippen molar-refractivity contribution in [3.63, 3.8) is 0 Å². The zero-order valence-corrected chi connectivity index (χ0v) is 9.36. The summed E-state index contributed by atoms with van der Waals surface area (Å²) in [6.45, 7) is 1.82. The molecule has 1 heterocycles. The highest BCUT2D eigenvalue weighted by molar-refractivity contribution is 5.91. The van der Waals surface area contributed by atoms with Gasteiger partial charge in [-0.15, -0.1) is 0 Å². The SMILES string of the molecule is Cc1ccc(O)c(NC(=O)CCC2CC2)n1. The maximum Gasteiger partial charge on any atom is 0.225 e. The van der Waals surface area contributed by atoms with E-state index >= 15 is 0 Å². The van der Waals surface area contributed by atoms with Crippen LogP contribution in [-0.4, -0.2) is 16.0 Å². The van der Waals surface area contributed by atoms with E-state index in [1.807, 2.05) is 6.92 Å². The molecular formula is C12H16N2O2. The lowest BCUT2D eigenvalue weighted by Crippen LogP contribution is -2.12. The molecule has 1 aliphatic rings. The van der Waals surface area contributed by atoms with Crippen molar-refractivity contribution in [1.82, 2.24) is 4.98 Å². The van der Waals surface area contributed by atoms with Crippen LogP contribution in [0.1, 0.15) is 31.4 Å². The number of carbonyl (C=O) groups excluding carboxylic acids is 1. The second kappa shape index (κ2) is 4.51. The van der Waals surface area contributed by atoms with E-state index in [9.17, 15) is 9.90 Å². The number of aryl methyl sites for hydroxylation is 1. The maximum atomic E-state index is 11.5. The van der Waals surface area contributed by atoms with Gasteiger partial charge in [-0.2, -0.15) is 0 Å². The minimum absolute atomic E-state index is 0.0189. The molecule has 0 aliphatic heterocycles. The molecule has 4 heteroatoms. The number of nitrogens with one attached hydrogen (secondary N) is 1. The van der Waals surface area contributed by atoms with Crippen LogP contribution < -0.4 is 5.32 Å². The van der Waals surface area contributed by atoms with Gasteiger partial charge < -0.3 is 10.4 Å². The van der Waals surface area contributed by atoms with E-state index in [1.54, 1.807) is 12.1 Å². The van der Waals surface area contributed by atoms with Crippen molar-refractivity contribution in [3.8, 4) is 5.75 Å². The molecule has 4 nitrogen and oxygen atoms in total. The molecule has 86 valence electrons. The van der Waals surface area contributed by atoms with Gasteiger partial charge in [0.05, 0.1) is 0 Å². The van der Waals surface area contributed by atoms with Gasteiger partial charge in [-0.25, -0.2) is 4.98 Å². The van der Waals surface area contributed by atoms with Crippen LogP contribution in [0.15, 0.2) is 12.1 Å². The van der Waals surface area contributed by atoms with Gasteiger partial charge in [0.1, 0.15) is 0 Å². The van der Waals surface area contributed by atoms with E-state index in [2.05, 4.69) is 10.3 Å². The lowest BCUT2D eigenvalue weighted by molar-refractivity contribution is -0.116. The summed E-state index contributed by atoms with van der Waals surface area (Å²) < 4.78 is 0. The van der Waals surface area contributed by atoms with Crippen LogP contribution in [0.4, 0.5) is 5.82 Å². The Hall–Kier alpha value is -1.58. The molecule has 1 aliphatic carbocycles. The first kappa shape index (κ1) is 10.9. The van der Waals surface area contributed by atoms with E-state index in [1.165, 1.54) is 12.8 Å². The average molecular weight is 220 g/mol. The summed E-state index contributed by atoms with van der Waals surface area (Å²) in [5, 5.41) is 12.1. The van der Waals surface area contributed by atoms with Crippen LogP contribution in [0.3, 0.4) is 0 Å². The summed E-state index contributed by atoms with van der Waals surface area (Å²) in [4.78, 5) is 15.6. The molecule has 0 unspecified atom stereocenters. The average Bonchev–Trinajstić information content (AvgIpc) is 3.04. The summed E-state index contributed by atoms with van der Waals surface area (Å²) in [5.41, 5.74) is 0.773. The Morgan fingerprint density at radius 3 is 3.00 bits per heavy atom. The Bertz CT molecular complexity index is 400. The summed E-state index contributed by atoms with van der Waals surface area (Å²) in [5.74, 6) is 0.955. The number of anilines is 1. The normalized spacial score (nSPS) is 14.8. The first-order valence-electron chi connectivity index (χ1n) is 5.61. The molecule has 0 aromatic carbocycles. The number of amides is 1. The maximum absolute atomic E-state index is 11.5. The van der Waals surface area contributed by atoms with Crippen molar-refractivity contribution >= 4 is 11.7 Å². The molecule has 2 rings (SSSR count). The summed E-state index contributed by atoms with van der Waals surface area (Å²) >= 11 is 0. The lowest BCUT2D eigenvalue weighted by atomic mass is 10.2. The van der Waals surface area contributed by atoms with Crippen molar-refractivity contribution in [2.24, 2.45) is 5.92 Å². The van der Waals surface area contributed by atoms with Gasteiger partial charge in [-0.1, -0.05) is 12.8 Å². The van der Waals surface area contributed by atoms with Crippen LogP contribution >= 0.6 is 0 Å². The fraction of sp³-hybridized carbons (Fsp3) is 0.500. The number of rotatable bonds is 4. The van der Waals surface area contributed by atoms with E-state index < -0.39 is 0 Å². The third-order valence-corrected chi connectivity index (χ3v) is 2.75. The van der Waals surface area contributed by atoms with Gasteiger partial charge >= 0.3 is 0 Å². The van der Waals surface area contributed by atoms with Crippen LogP contribution in [-0.2, 0) is 4.79 Å². The fourth-order valence-corrected chi connectivity index (χ4v) is 1.58. The number of nitrogens with zero attached hydrogens (tertiary/aromatic N) is 1. The number of carbonyl (C=O) groups is 1. The van der Waals surface area contributed by atoms with E-state index in [-0.39, 0.29) is 17.5 Å². The molecule has 1 fully saturated rings. The zero-order chi connectivity index (χ0) is 11.5. The quantitative estimate of drug-likeness (QED) is 0.817. The topological polar surface area (TPSA) is 62.2 Å². The number of pyridine rings is 1. The van der Waals surface area contributed by atoms with E-state index in [4.69, 9.17) is 0 Å². The molecule has 0 radical (unpaired) electrons. The molecule has 0 bridgehead atoms. The Labute approximate surface area is 94.7 Å². The molecule has 0 spiro atoms. The van der Waals surface area contributed by atoms with Crippen molar-refractivity contribution < 1.29 is 9.90 Å². The van der Waals surface area contributed by atoms with Crippen LogP contribution in [0.2, 0.25) is 0 Å². The molecule has 2 N–H and O–H groups in total. The minimum atomic E-state index is -0.0692. The highest BCUT2D eigenvalue weighted by atomic mass is 16.3. The first-order chi connectivity index (χ1) is 7.65. The van der Waals surface area contributed by atoms with Gasteiger partial charge in [0.15, 0.2) is 11.6 Å². The van der Waals surface area contributed by atoms with E-state index in [0.717, 1.165) is 18.0 Å². The Balaban J connectivity index is 1.91. The zero-order valence-electron chi connectivity index (χ0n) is 9.36. The smallest absolute Gasteiger partial charge is 0.225 e. The van der Waals surface area contributed by atoms with Gasteiger partial charge in [0, 0.05) is 12.1 Å². The number of aromatic hydroxyl groups is 1. The predicted octanol–water partition coefficient (Wildman–Crippen LogP) is 2.22. The van der Waals surface area contributed by atoms with Crippen LogP contribution in [0, 0.1) is 12.8 Å². The monoisotopic (exact) mass is 220 g/mol. The third-order valence-electron chi connectivity index (χ3n) is 2.75. The highest BCUT2D eigenvalue weighted by Crippen LogP contribution is 2.33. The molecule has 1 amide bonds.